The molecule has 2 aliphatic heterocycles. The molecule has 1 unspecified atom stereocenters. The van der Waals surface area contributed by atoms with Crippen LogP contribution in [-0.2, 0) is 0 Å². The van der Waals surface area contributed by atoms with Crippen LogP contribution >= 0.6 is 11.6 Å². The topological polar surface area (TPSA) is 24.8 Å². The fourth-order valence-corrected chi connectivity index (χ4v) is 4.45. The van der Waals surface area contributed by atoms with Gasteiger partial charge in [-0.3, -0.25) is 4.79 Å². The third kappa shape index (κ3) is 2.43. The van der Waals surface area contributed by atoms with E-state index in [1.165, 1.54) is 16.0 Å². The van der Waals surface area contributed by atoms with E-state index < -0.39 is 0 Å². The van der Waals surface area contributed by atoms with Crippen molar-refractivity contribution >= 4 is 23.2 Å². The van der Waals surface area contributed by atoms with Crippen molar-refractivity contribution in [2.75, 3.05) is 25.0 Å². The first-order chi connectivity index (χ1) is 11.6. The molecule has 0 saturated carbocycles. The molecular weight excluding hydrogens is 320 g/mol. The van der Waals surface area contributed by atoms with Crippen molar-refractivity contribution in [2.45, 2.75) is 25.3 Å². The van der Waals surface area contributed by atoms with Gasteiger partial charge in [0.15, 0.2) is 0 Å². The number of aryl methyl sites for hydroxylation is 1. The molecule has 0 aromatic heterocycles. The van der Waals surface area contributed by atoms with Crippen molar-refractivity contribution in [3.63, 3.8) is 0 Å². The van der Waals surface area contributed by atoms with Crippen LogP contribution in [0.25, 0.3) is 0 Å². The minimum absolute atomic E-state index is 0.0257. The number of hydrogen-bond donors (Lipinski definition) is 1. The molecule has 1 amide bonds. The number of anilines is 1. The molecule has 1 saturated heterocycles. The summed E-state index contributed by atoms with van der Waals surface area (Å²) in [7, 11) is 2.24. The largest absolute Gasteiger partial charge is 0.337 e. The zero-order chi connectivity index (χ0) is 16.8. The van der Waals surface area contributed by atoms with Crippen molar-refractivity contribution in [1.82, 2.24) is 0 Å². The highest BCUT2D eigenvalue weighted by Crippen LogP contribution is 2.44. The number of nitrogens with zero attached hydrogens (tertiary/aromatic N) is 1. The van der Waals surface area contributed by atoms with Crippen LogP contribution in [-0.4, -0.2) is 32.1 Å². The number of fused-ring (bicyclic) bond motifs is 3. The number of nitrogens with one attached hydrogen (secondary N) is 1. The summed E-state index contributed by atoms with van der Waals surface area (Å²) in [4.78, 5) is 16.8. The number of carbonyl (C=O) groups excluding carboxylic acids is 1. The van der Waals surface area contributed by atoms with Crippen LogP contribution in [0.1, 0.15) is 33.8 Å². The van der Waals surface area contributed by atoms with E-state index in [-0.39, 0.29) is 11.9 Å². The second kappa shape index (κ2) is 5.91. The van der Waals surface area contributed by atoms with Gasteiger partial charge in [-0.25, -0.2) is 0 Å². The van der Waals surface area contributed by atoms with E-state index in [9.17, 15) is 4.79 Å². The molecule has 2 aliphatic rings. The number of amides is 1. The molecule has 2 aromatic rings. The molecule has 4 rings (SSSR count). The summed E-state index contributed by atoms with van der Waals surface area (Å²) in [5.74, 6) is 0.442. The third-order valence-electron chi connectivity index (χ3n) is 5.40. The zero-order valence-corrected chi connectivity index (χ0v) is 14.8. The van der Waals surface area contributed by atoms with Crippen LogP contribution in [0.15, 0.2) is 42.5 Å². The Hall–Kier alpha value is -1.84. The lowest BCUT2D eigenvalue weighted by molar-refractivity contribution is -0.886. The van der Waals surface area contributed by atoms with Gasteiger partial charge < -0.3 is 9.80 Å². The van der Waals surface area contributed by atoms with E-state index in [0.717, 1.165) is 25.2 Å². The number of carbonyl (C=O) groups is 1. The minimum Gasteiger partial charge on any atom is -0.337 e. The highest BCUT2D eigenvalue weighted by molar-refractivity contribution is 6.34. The van der Waals surface area contributed by atoms with E-state index >= 15 is 0 Å². The quantitative estimate of drug-likeness (QED) is 0.847. The summed E-state index contributed by atoms with van der Waals surface area (Å²) in [5.41, 5.74) is 4.23. The Bertz CT molecular complexity index is 804. The van der Waals surface area contributed by atoms with Gasteiger partial charge in [-0.15, -0.1) is 0 Å². The molecule has 0 aliphatic carbocycles. The molecule has 1 N–H and O–H groups in total. The molecule has 0 bridgehead atoms. The summed E-state index contributed by atoms with van der Waals surface area (Å²) < 4.78 is 0. The summed E-state index contributed by atoms with van der Waals surface area (Å²) in [5, 5.41) is 0.526. The Morgan fingerprint density at radius 3 is 2.83 bits per heavy atom. The van der Waals surface area contributed by atoms with Gasteiger partial charge >= 0.3 is 0 Å². The first kappa shape index (κ1) is 15.7. The molecule has 3 atom stereocenters. The predicted octanol–water partition coefficient (Wildman–Crippen LogP) is 2.68. The highest BCUT2D eigenvalue weighted by atomic mass is 35.5. The lowest BCUT2D eigenvalue weighted by Gasteiger charge is -2.34. The molecule has 2 aromatic carbocycles. The van der Waals surface area contributed by atoms with Gasteiger partial charge in [0.25, 0.3) is 5.91 Å². The average Bonchev–Trinajstić information content (AvgIpc) is 2.88. The van der Waals surface area contributed by atoms with Crippen molar-refractivity contribution in [2.24, 2.45) is 0 Å². The first-order valence-corrected chi connectivity index (χ1v) is 8.94. The van der Waals surface area contributed by atoms with Gasteiger partial charge in [-0.05, 0) is 30.7 Å². The highest BCUT2D eigenvalue weighted by Gasteiger charge is 2.46. The second-order valence-corrected chi connectivity index (χ2v) is 7.50. The van der Waals surface area contributed by atoms with Crippen molar-refractivity contribution in [3.05, 3.63) is 64.2 Å². The molecule has 3 nitrogen and oxygen atoms in total. The van der Waals surface area contributed by atoms with E-state index in [1.807, 2.05) is 23.1 Å². The smallest absolute Gasteiger partial charge is 0.260 e. The predicted molar refractivity (Wildman–Crippen MR) is 97.2 cm³/mol. The number of piperidine rings is 1. The van der Waals surface area contributed by atoms with Gasteiger partial charge in [0.2, 0.25) is 0 Å². The van der Waals surface area contributed by atoms with E-state index in [1.54, 1.807) is 6.07 Å². The van der Waals surface area contributed by atoms with Gasteiger partial charge in [-0.1, -0.05) is 41.4 Å². The summed E-state index contributed by atoms with van der Waals surface area (Å²) in [6.45, 7) is 4.29. The summed E-state index contributed by atoms with van der Waals surface area (Å²) in [6.07, 6.45) is 1.03. The zero-order valence-electron chi connectivity index (χ0n) is 14.1. The number of rotatable bonds is 1. The Balaban J connectivity index is 1.81. The van der Waals surface area contributed by atoms with Crippen LogP contribution < -0.4 is 9.80 Å². The van der Waals surface area contributed by atoms with Gasteiger partial charge in [0.1, 0.15) is 0 Å². The Kier molecular flexibility index (Phi) is 3.86. The molecule has 1 fully saturated rings. The molecule has 4 heteroatoms. The molecular formula is C20H22ClN2O+. The van der Waals surface area contributed by atoms with Crippen LogP contribution in [0.2, 0.25) is 5.02 Å². The number of likely N-dealkylation sites (tertiary alicyclic amines) is 1. The molecule has 0 spiro atoms. The first-order valence-electron chi connectivity index (χ1n) is 8.56. The molecule has 124 valence electrons. The number of hydrogen-bond acceptors (Lipinski definition) is 1. The summed E-state index contributed by atoms with van der Waals surface area (Å²) in [6, 6.07) is 14.1. The standard InChI is InChI=1S/C20H21ClN2O/c1-13-7-8-18-15(11-13)16-12-22(2)10-9-19(16)23(18)20(24)14-5-3-4-6-17(14)21/h3-8,11,16,19H,9-10,12H2,1-2H3/p+1/t16-,19+/m1/s1. The summed E-state index contributed by atoms with van der Waals surface area (Å²) >= 11 is 6.30. The number of halogens is 1. The minimum atomic E-state index is 0.0257. The van der Waals surface area contributed by atoms with Crippen LogP contribution in [0.3, 0.4) is 0 Å². The second-order valence-electron chi connectivity index (χ2n) is 7.09. The van der Waals surface area contributed by atoms with E-state index in [4.69, 9.17) is 11.6 Å². The lowest BCUT2D eigenvalue weighted by atomic mass is 9.88. The van der Waals surface area contributed by atoms with Crippen LogP contribution in [0.4, 0.5) is 5.69 Å². The van der Waals surface area contributed by atoms with Crippen molar-refractivity contribution in [3.8, 4) is 0 Å². The normalized spacial score (nSPS) is 25.3. The van der Waals surface area contributed by atoms with Crippen LogP contribution in [0, 0.1) is 6.92 Å². The van der Waals surface area contributed by atoms with E-state index in [2.05, 4.69) is 32.2 Å². The van der Waals surface area contributed by atoms with Crippen LogP contribution in [0.5, 0.6) is 0 Å². The third-order valence-corrected chi connectivity index (χ3v) is 5.73. The fraction of sp³-hybridized carbons (Fsp3) is 0.350. The monoisotopic (exact) mass is 341 g/mol. The fourth-order valence-electron chi connectivity index (χ4n) is 4.23. The lowest BCUT2D eigenvalue weighted by Crippen LogP contribution is -3.11. The number of quaternary nitrogens is 1. The number of benzene rings is 2. The SMILES string of the molecule is Cc1ccc2c(c1)[C@H]1C[NH+](C)CC[C@@H]1N2C(=O)c1ccccc1Cl. The van der Waals surface area contributed by atoms with Gasteiger partial charge in [0.05, 0.1) is 42.7 Å². The number of likely N-dealkylation sites (N-methyl/N-ethyl adjacent to an activating group) is 1. The Morgan fingerprint density at radius 2 is 2.04 bits per heavy atom. The average molecular weight is 342 g/mol. The molecule has 2 heterocycles. The van der Waals surface area contributed by atoms with Crippen molar-refractivity contribution < 1.29 is 9.69 Å². The molecule has 24 heavy (non-hydrogen) atoms. The van der Waals surface area contributed by atoms with E-state index in [0.29, 0.717) is 16.5 Å². The molecule has 0 radical (unpaired) electrons. The van der Waals surface area contributed by atoms with Gasteiger partial charge in [0, 0.05) is 12.1 Å². The maximum absolute atomic E-state index is 13.3. The van der Waals surface area contributed by atoms with Gasteiger partial charge in [-0.2, -0.15) is 0 Å². The maximum atomic E-state index is 13.3. The van der Waals surface area contributed by atoms with Crippen molar-refractivity contribution in [1.29, 1.82) is 0 Å². The maximum Gasteiger partial charge on any atom is 0.260 e. The Labute approximate surface area is 147 Å². The Morgan fingerprint density at radius 1 is 1.25 bits per heavy atom.